The number of carbonyl (C=O) groups excluding carboxylic acids is 2. The Balaban J connectivity index is 1.75. The molecule has 1 saturated heterocycles. The van der Waals surface area contributed by atoms with Gasteiger partial charge in [0.25, 0.3) is 11.8 Å². The fraction of sp³-hybridized carbons (Fsp3) is 0.296. The summed E-state index contributed by atoms with van der Waals surface area (Å²) >= 11 is 5.33. The van der Waals surface area contributed by atoms with Crippen molar-refractivity contribution in [3.8, 4) is 0 Å². The Morgan fingerprint density at radius 2 is 1.76 bits per heavy atom. The van der Waals surface area contributed by atoms with Gasteiger partial charge in [0.1, 0.15) is 5.57 Å². The Morgan fingerprint density at radius 3 is 2.42 bits per heavy atom. The number of aryl methyl sites for hydroxylation is 2. The Hall–Kier alpha value is -3.25. The largest absolute Gasteiger partial charge is 0.363 e. The molecule has 2 aliphatic rings. The molecular formula is C27H29N3O2S. The average molecular weight is 460 g/mol. The van der Waals surface area contributed by atoms with Gasteiger partial charge in [0.15, 0.2) is 5.11 Å². The molecule has 0 radical (unpaired) electrons. The molecule has 2 amide bonds. The summed E-state index contributed by atoms with van der Waals surface area (Å²) in [6, 6.07) is 11.8. The first-order valence-electron chi connectivity index (χ1n) is 11.1. The molecule has 33 heavy (non-hydrogen) atoms. The number of rotatable bonds is 3. The van der Waals surface area contributed by atoms with Gasteiger partial charge in [0.2, 0.25) is 0 Å². The lowest BCUT2D eigenvalue weighted by atomic mass is 9.88. The molecule has 0 bridgehead atoms. The fourth-order valence-electron chi connectivity index (χ4n) is 4.69. The molecule has 0 saturated carbocycles. The average Bonchev–Trinajstić information content (AvgIpc) is 2.73. The highest BCUT2D eigenvalue weighted by atomic mass is 32.1. The normalized spacial score (nSPS) is 18.9. The molecule has 0 atom stereocenters. The van der Waals surface area contributed by atoms with E-state index in [9.17, 15) is 9.59 Å². The van der Waals surface area contributed by atoms with Crippen LogP contribution in [0.15, 0.2) is 48.0 Å². The van der Waals surface area contributed by atoms with E-state index in [0.29, 0.717) is 5.69 Å². The number of fused-ring (bicyclic) bond motifs is 1. The number of nitrogens with zero attached hydrogens (tertiary/aromatic N) is 2. The zero-order chi connectivity index (χ0) is 24.1. The quantitative estimate of drug-likeness (QED) is 0.392. The van der Waals surface area contributed by atoms with Gasteiger partial charge in [-0.3, -0.25) is 19.8 Å². The predicted octanol–water partition coefficient (Wildman–Crippen LogP) is 5.16. The van der Waals surface area contributed by atoms with Gasteiger partial charge >= 0.3 is 0 Å². The van der Waals surface area contributed by atoms with Crippen molar-refractivity contribution in [2.24, 2.45) is 0 Å². The summed E-state index contributed by atoms with van der Waals surface area (Å²) < 4.78 is 0. The number of hydrogen-bond acceptors (Lipinski definition) is 4. The van der Waals surface area contributed by atoms with Gasteiger partial charge in [-0.25, -0.2) is 0 Å². The van der Waals surface area contributed by atoms with E-state index in [1.165, 1.54) is 10.5 Å². The standard InChI is InChI=1S/C27H29N3O2S/c1-7-29-23-11-9-19(13-21(23)18(4)15-27(29,5)6)14-22-24(31)28-26(33)30(25(22)32)20-10-8-16(2)17(3)12-20/h8-15H,7H2,1-6H3,(H,28,31,33)/b22-14-. The van der Waals surface area contributed by atoms with Crippen molar-refractivity contribution in [1.29, 1.82) is 0 Å². The molecule has 5 nitrogen and oxygen atoms in total. The summed E-state index contributed by atoms with van der Waals surface area (Å²) in [5.74, 6) is -0.903. The first-order chi connectivity index (χ1) is 15.5. The van der Waals surface area contributed by atoms with Crippen molar-refractivity contribution in [3.63, 3.8) is 0 Å². The third-order valence-electron chi connectivity index (χ3n) is 6.48. The summed E-state index contributed by atoms with van der Waals surface area (Å²) in [4.78, 5) is 29.8. The Morgan fingerprint density at radius 1 is 1.03 bits per heavy atom. The summed E-state index contributed by atoms with van der Waals surface area (Å²) in [5.41, 5.74) is 7.03. The number of nitrogens with one attached hydrogen (secondary N) is 1. The van der Waals surface area contributed by atoms with Crippen LogP contribution in [-0.4, -0.2) is 29.0 Å². The van der Waals surface area contributed by atoms with Gasteiger partial charge in [-0.1, -0.05) is 18.2 Å². The second-order valence-corrected chi connectivity index (χ2v) is 9.61. The van der Waals surface area contributed by atoms with E-state index in [4.69, 9.17) is 12.2 Å². The van der Waals surface area contributed by atoms with Crippen LogP contribution < -0.4 is 15.1 Å². The van der Waals surface area contributed by atoms with Gasteiger partial charge in [-0.05, 0) is 106 Å². The van der Waals surface area contributed by atoms with Gasteiger partial charge in [0, 0.05) is 17.8 Å². The van der Waals surface area contributed by atoms with Crippen molar-refractivity contribution in [3.05, 3.63) is 70.3 Å². The molecule has 2 aromatic carbocycles. The predicted molar refractivity (Wildman–Crippen MR) is 139 cm³/mol. The van der Waals surface area contributed by atoms with Crippen LogP contribution in [0.5, 0.6) is 0 Å². The van der Waals surface area contributed by atoms with E-state index in [-0.39, 0.29) is 16.2 Å². The van der Waals surface area contributed by atoms with Crippen molar-refractivity contribution < 1.29 is 9.59 Å². The Labute approximate surface area is 200 Å². The van der Waals surface area contributed by atoms with Crippen molar-refractivity contribution in [2.75, 3.05) is 16.3 Å². The van der Waals surface area contributed by atoms with Gasteiger partial charge in [-0.2, -0.15) is 0 Å². The first-order valence-corrected chi connectivity index (χ1v) is 11.5. The van der Waals surface area contributed by atoms with Gasteiger partial charge < -0.3 is 4.90 Å². The lowest BCUT2D eigenvalue weighted by Crippen LogP contribution is -2.54. The third kappa shape index (κ3) is 4.00. The van der Waals surface area contributed by atoms with Crippen molar-refractivity contribution >= 4 is 52.2 Å². The molecule has 2 aliphatic heterocycles. The Bertz CT molecular complexity index is 1260. The molecule has 6 heteroatoms. The third-order valence-corrected chi connectivity index (χ3v) is 6.76. The summed E-state index contributed by atoms with van der Waals surface area (Å²) in [6.07, 6.45) is 3.91. The van der Waals surface area contributed by atoms with E-state index in [1.807, 2.05) is 44.2 Å². The minimum absolute atomic E-state index is 0.0619. The number of benzene rings is 2. The SMILES string of the molecule is CCN1c2ccc(/C=C3/C(=O)NC(=S)N(c4ccc(C)c(C)c4)C3=O)cc2C(C)=CC1(C)C. The summed E-state index contributed by atoms with van der Waals surface area (Å²) in [6.45, 7) is 13.5. The van der Waals surface area contributed by atoms with Crippen LogP contribution in [0.1, 0.15) is 49.9 Å². The highest BCUT2D eigenvalue weighted by Crippen LogP contribution is 2.39. The van der Waals surface area contributed by atoms with Crippen LogP contribution >= 0.6 is 12.2 Å². The van der Waals surface area contributed by atoms with Crippen LogP contribution in [0.3, 0.4) is 0 Å². The van der Waals surface area contributed by atoms with Crippen LogP contribution in [0.4, 0.5) is 11.4 Å². The molecule has 1 fully saturated rings. The molecule has 170 valence electrons. The molecule has 0 unspecified atom stereocenters. The van der Waals surface area contributed by atoms with E-state index >= 15 is 0 Å². The van der Waals surface area contributed by atoms with Crippen molar-refractivity contribution in [1.82, 2.24) is 5.32 Å². The maximum absolute atomic E-state index is 13.4. The number of allylic oxidation sites excluding steroid dienone is 1. The monoisotopic (exact) mass is 459 g/mol. The number of amides is 2. The first kappa shape index (κ1) is 22.9. The highest BCUT2D eigenvalue weighted by molar-refractivity contribution is 7.80. The molecule has 2 aromatic rings. The van der Waals surface area contributed by atoms with E-state index in [0.717, 1.165) is 34.5 Å². The van der Waals surface area contributed by atoms with Crippen molar-refractivity contribution in [2.45, 2.75) is 47.1 Å². The molecule has 4 rings (SSSR count). The zero-order valence-corrected chi connectivity index (χ0v) is 20.8. The number of anilines is 2. The van der Waals surface area contributed by atoms with E-state index < -0.39 is 11.8 Å². The molecular weight excluding hydrogens is 430 g/mol. The number of carbonyl (C=O) groups is 2. The minimum atomic E-state index is -0.480. The molecule has 0 aromatic heterocycles. The van der Waals surface area contributed by atoms with Gasteiger partial charge in [-0.15, -0.1) is 0 Å². The minimum Gasteiger partial charge on any atom is -0.363 e. The number of hydrogen-bond donors (Lipinski definition) is 1. The second-order valence-electron chi connectivity index (χ2n) is 9.23. The topological polar surface area (TPSA) is 52.7 Å². The summed E-state index contributed by atoms with van der Waals surface area (Å²) in [5, 5.41) is 2.76. The molecule has 0 aliphatic carbocycles. The molecule has 1 N–H and O–H groups in total. The van der Waals surface area contributed by atoms with Gasteiger partial charge in [0.05, 0.1) is 11.2 Å². The Kier molecular flexibility index (Phi) is 5.74. The lowest BCUT2D eigenvalue weighted by molar-refractivity contribution is -0.122. The fourth-order valence-corrected chi connectivity index (χ4v) is 4.97. The van der Waals surface area contributed by atoms with E-state index in [2.05, 4.69) is 50.1 Å². The van der Waals surface area contributed by atoms with Crippen LogP contribution in [-0.2, 0) is 9.59 Å². The maximum Gasteiger partial charge on any atom is 0.270 e. The van der Waals surface area contributed by atoms with E-state index in [1.54, 1.807) is 6.08 Å². The maximum atomic E-state index is 13.4. The zero-order valence-electron chi connectivity index (χ0n) is 19.9. The number of likely N-dealkylation sites (N-methyl/N-ethyl adjacent to an activating group) is 1. The molecule has 0 spiro atoms. The lowest BCUT2D eigenvalue weighted by Gasteiger charge is -2.42. The smallest absolute Gasteiger partial charge is 0.270 e. The van der Waals surface area contributed by atoms with Crippen LogP contribution in [0, 0.1) is 13.8 Å². The van der Waals surface area contributed by atoms with Crippen LogP contribution in [0.2, 0.25) is 0 Å². The number of thiocarbonyl (C=S) groups is 1. The summed E-state index contributed by atoms with van der Waals surface area (Å²) in [7, 11) is 0. The van der Waals surface area contributed by atoms with Crippen LogP contribution in [0.25, 0.3) is 11.6 Å². The molecule has 2 heterocycles. The highest BCUT2D eigenvalue weighted by Gasteiger charge is 2.35. The second kappa shape index (κ2) is 8.27.